The van der Waals surface area contributed by atoms with Crippen LogP contribution in [0.25, 0.3) is 6.08 Å². The normalized spacial score (nSPS) is 10.4. The number of aliphatic carboxylic acids is 1. The molecule has 0 amide bonds. The highest BCUT2D eigenvalue weighted by Gasteiger charge is 2.02. The number of carboxylic acid groups (broad SMARTS) is 1. The number of methoxy groups -OCH3 is 1. The third-order valence-electron chi connectivity index (χ3n) is 2.13. The number of carbonyl (C=O) groups excluding carboxylic acids is 1. The van der Waals surface area contributed by atoms with Crippen molar-refractivity contribution in [1.29, 1.82) is 0 Å². The number of carboxylic acids is 1. The number of esters is 1. The topological polar surface area (TPSA) is 63.6 Å². The van der Waals surface area contributed by atoms with Gasteiger partial charge in [0.05, 0.1) is 20.0 Å². The summed E-state index contributed by atoms with van der Waals surface area (Å²) >= 11 is 0. The van der Waals surface area contributed by atoms with Crippen LogP contribution < -0.4 is 0 Å². The maximum Gasteiger partial charge on any atom is 0.309 e. The summed E-state index contributed by atoms with van der Waals surface area (Å²) < 4.78 is 4.57. The van der Waals surface area contributed by atoms with E-state index in [-0.39, 0.29) is 18.8 Å². The molecule has 1 N–H and O–H groups in total. The first-order valence-corrected chi connectivity index (χ1v) is 5.16. The second-order valence-corrected chi connectivity index (χ2v) is 3.50. The Morgan fingerprint density at radius 3 is 2.82 bits per heavy atom. The molecule has 1 aromatic carbocycles. The van der Waals surface area contributed by atoms with Crippen LogP contribution in [0.4, 0.5) is 0 Å². The van der Waals surface area contributed by atoms with Crippen molar-refractivity contribution in [1.82, 2.24) is 0 Å². The first-order chi connectivity index (χ1) is 8.11. The number of hydrogen-bond acceptors (Lipinski definition) is 3. The van der Waals surface area contributed by atoms with E-state index in [9.17, 15) is 9.59 Å². The van der Waals surface area contributed by atoms with E-state index in [1.807, 2.05) is 24.3 Å². The van der Waals surface area contributed by atoms with Crippen molar-refractivity contribution >= 4 is 18.0 Å². The fraction of sp³-hybridized carbons (Fsp3) is 0.231. The largest absolute Gasteiger partial charge is 0.481 e. The van der Waals surface area contributed by atoms with Crippen molar-refractivity contribution in [3.63, 3.8) is 0 Å². The van der Waals surface area contributed by atoms with E-state index < -0.39 is 5.97 Å². The second-order valence-electron chi connectivity index (χ2n) is 3.50. The van der Waals surface area contributed by atoms with Crippen LogP contribution in [0.5, 0.6) is 0 Å². The lowest BCUT2D eigenvalue weighted by Crippen LogP contribution is -2.04. The average Bonchev–Trinajstić information content (AvgIpc) is 2.29. The van der Waals surface area contributed by atoms with Crippen molar-refractivity contribution in [3.05, 3.63) is 41.5 Å². The van der Waals surface area contributed by atoms with Gasteiger partial charge in [-0.1, -0.05) is 36.4 Å². The van der Waals surface area contributed by atoms with Gasteiger partial charge in [0.1, 0.15) is 0 Å². The van der Waals surface area contributed by atoms with E-state index in [0.29, 0.717) is 0 Å². The lowest BCUT2D eigenvalue weighted by molar-refractivity contribution is -0.140. The minimum absolute atomic E-state index is 0.0127. The van der Waals surface area contributed by atoms with Crippen molar-refractivity contribution in [3.8, 4) is 0 Å². The van der Waals surface area contributed by atoms with Gasteiger partial charge in [-0.2, -0.15) is 0 Å². The van der Waals surface area contributed by atoms with Crippen molar-refractivity contribution < 1.29 is 19.4 Å². The summed E-state index contributed by atoms with van der Waals surface area (Å²) in [5.41, 5.74) is 1.71. The summed E-state index contributed by atoms with van der Waals surface area (Å²) in [5, 5.41) is 8.48. The highest BCUT2D eigenvalue weighted by atomic mass is 16.5. The molecule has 0 heterocycles. The van der Waals surface area contributed by atoms with E-state index >= 15 is 0 Å². The molecule has 1 aromatic rings. The monoisotopic (exact) mass is 234 g/mol. The van der Waals surface area contributed by atoms with E-state index in [0.717, 1.165) is 11.1 Å². The van der Waals surface area contributed by atoms with Gasteiger partial charge in [0, 0.05) is 0 Å². The quantitative estimate of drug-likeness (QED) is 0.790. The summed E-state index contributed by atoms with van der Waals surface area (Å²) in [6.07, 6.45) is 3.49. The summed E-state index contributed by atoms with van der Waals surface area (Å²) in [6.45, 7) is 0. The van der Waals surface area contributed by atoms with Crippen LogP contribution in [-0.4, -0.2) is 24.2 Å². The zero-order valence-corrected chi connectivity index (χ0v) is 9.55. The van der Waals surface area contributed by atoms with Gasteiger partial charge in [-0.05, 0) is 11.1 Å². The first kappa shape index (κ1) is 13.0. The molecule has 0 aliphatic carbocycles. The van der Waals surface area contributed by atoms with Crippen molar-refractivity contribution in [2.75, 3.05) is 7.11 Å². The molecular weight excluding hydrogens is 220 g/mol. The van der Waals surface area contributed by atoms with Crippen molar-refractivity contribution in [2.45, 2.75) is 12.8 Å². The molecule has 4 heteroatoms. The van der Waals surface area contributed by atoms with Crippen LogP contribution in [0, 0.1) is 0 Å². The number of benzene rings is 1. The molecule has 0 spiro atoms. The predicted octanol–water partition coefficient (Wildman–Crippen LogP) is 1.89. The molecule has 0 saturated carbocycles. The van der Waals surface area contributed by atoms with Crippen LogP contribution in [0.15, 0.2) is 30.3 Å². The summed E-state index contributed by atoms with van der Waals surface area (Å²) in [4.78, 5) is 21.4. The molecule has 4 nitrogen and oxygen atoms in total. The van der Waals surface area contributed by atoms with Crippen LogP contribution in [0.3, 0.4) is 0 Å². The molecule has 0 bridgehead atoms. The molecule has 0 aliphatic rings. The number of rotatable bonds is 5. The molecular formula is C13H14O4. The predicted molar refractivity (Wildman–Crippen MR) is 63.4 cm³/mol. The molecule has 0 saturated heterocycles. The second kappa shape index (κ2) is 6.48. The third kappa shape index (κ3) is 4.97. The molecule has 1 rings (SSSR count). The number of ether oxygens (including phenoxy) is 1. The van der Waals surface area contributed by atoms with Gasteiger partial charge >= 0.3 is 11.9 Å². The van der Waals surface area contributed by atoms with E-state index in [1.54, 1.807) is 12.2 Å². The standard InChI is InChI=1S/C13H14O4/c1-17-13(16)9-11-6-2-4-10(8-11)5-3-7-12(14)15/h2-6,8H,7,9H2,1H3,(H,14,15). The minimum Gasteiger partial charge on any atom is -0.481 e. The lowest BCUT2D eigenvalue weighted by atomic mass is 10.1. The Balaban J connectivity index is 2.68. The molecule has 0 atom stereocenters. The Bertz CT molecular complexity index is 435. The molecule has 17 heavy (non-hydrogen) atoms. The molecule has 90 valence electrons. The fourth-order valence-electron chi connectivity index (χ4n) is 1.34. The summed E-state index contributed by atoms with van der Waals surface area (Å²) in [6, 6.07) is 7.32. The maximum atomic E-state index is 11.1. The van der Waals surface area contributed by atoms with Gasteiger partial charge < -0.3 is 9.84 Å². The van der Waals surface area contributed by atoms with Crippen molar-refractivity contribution in [2.24, 2.45) is 0 Å². The highest BCUT2D eigenvalue weighted by Crippen LogP contribution is 2.08. The number of hydrogen-bond donors (Lipinski definition) is 1. The van der Waals surface area contributed by atoms with Crippen LogP contribution >= 0.6 is 0 Å². The average molecular weight is 234 g/mol. The van der Waals surface area contributed by atoms with Crippen LogP contribution in [0.1, 0.15) is 17.5 Å². The fourth-order valence-corrected chi connectivity index (χ4v) is 1.34. The molecule has 0 radical (unpaired) electrons. The maximum absolute atomic E-state index is 11.1. The molecule has 0 fully saturated rings. The Hall–Kier alpha value is -2.10. The SMILES string of the molecule is COC(=O)Cc1cccc(C=CCC(=O)O)c1. The number of carbonyl (C=O) groups is 2. The van der Waals surface area contributed by atoms with Gasteiger partial charge in [0.25, 0.3) is 0 Å². The Morgan fingerprint density at radius 2 is 2.18 bits per heavy atom. The molecule has 0 unspecified atom stereocenters. The zero-order valence-electron chi connectivity index (χ0n) is 9.55. The Morgan fingerprint density at radius 1 is 1.41 bits per heavy atom. The van der Waals surface area contributed by atoms with Gasteiger partial charge in [0.2, 0.25) is 0 Å². The van der Waals surface area contributed by atoms with E-state index in [4.69, 9.17) is 5.11 Å². The summed E-state index contributed by atoms with van der Waals surface area (Å²) in [5.74, 6) is -1.16. The smallest absolute Gasteiger partial charge is 0.309 e. The Labute approximate surface area is 99.5 Å². The first-order valence-electron chi connectivity index (χ1n) is 5.16. The minimum atomic E-state index is -0.869. The Kier molecular flexibility index (Phi) is 4.94. The van der Waals surface area contributed by atoms with Crippen LogP contribution in [-0.2, 0) is 20.7 Å². The van der Waals surface area contributed by atoms with Gasteiger partial charge in [-0.25, -0.2) is 0 Å². The van der Waals surface area contributed by atoms with E-state index in [2.05, 4.69) is 4.74 Å². The summed E-state index contributed by atoms with van der Waals surface area (Å²) in [7, 11) is 1.35. The highest BCUT2D eigenvalue weighted by molar-refractivity contribution is 5.73. The van der Waals surface area contributed by atoms with E-state index in [1.165, 1.54) is 7.11 Å². The third-order valence-corrected chi connectivity index (χ3v) is 2.13. The van der Waals surface area contributed by atoms with Gasteiger partial charge in [0.15, 0.2) is 0 Å². The van der Waals surface area contributed by atoms with Gasteiger partial charge in [-0.3, -0.25) is 9.59 Å². The van der Waals surface area contributed by atoms with Gasteiger partial charge in [-0.15, -0.1) is 0 Å². The van der Waals surface area contributed by atoms with Crippen LogP contribution in [0.2, 0.25) is 0 Å². The molecule has 0 aromatic heterocycles. The molecule has 0 aliphatic heterocycles. The lowest BCUT2D eigenvalue weighted by Gasteiger charge is -2.01. The zero-order chi connectivity index (χ0) is 12.7.